The zero-order chi connectivity index (χ0) is 19.6. The highest BCUT2D eigenvalue weighted by Gasteiger charge is 2.33. The molecule has 1 rings (SSSR count). The molecular weight excluding hydrogens is 324 g/mol. The van der Waals surface area contributed by atoms with Crippen LogP contribution < -0.4 is 0 Å². The molecule has 1 aliphatic rings. The van der Waals surface area contributed by atoms with Gasteiger partial charge in [0.05, 0.1) is 5.92 Å². The van der Waals surface area contributed by atoms with Crippen molar-refractivity contribution in [3.05, 3.63) is 0 Å². The molecule has 0 spiro atoms. The predicted octanol–water partition coefficient (Wildman–Crippen LogP) is 3.97. The molecule has 0 aliphatic heterocycles. The summed E-state index contributed by atoms with van der Waals surface area (Å²) in [5.41, 5.74) is 0. The highest BCUT2D eigenvalue weighted by atomic mass is 16.5. The Morgan fingerprint density at radius 3 is 2.04 bits per heavy atom. The first-order valence-corrected chi connectivity index (χ1v) is 9.18. The second kappa shape index (κ2) is 11.9. The second-order valence-corrected chi connectivity index (χ2v) is 7.59. The SMILES string of the molecule is CC(C)C(=O)O.CC1CCC(C(C)C)C(OC(=O)CCCC(=O)O)C1. The Bertz CT molecular complexity index is 430. The van der Waals surface area contributed by atoms with Gasteiger partial charge in [0, 0.05) is 12.8 Å². The maximum Gasteiger partial charge on any atom is 0.306 e. The number of carbonyl (C=O) groups excluding carboxylic acids is 1. The summed E-state index contributed by atoms with van der Waals surface area (Å²) in [6.07, 6.45) is 3.88. The lowest BCUT2D eigenvalue weighted by Crippen LogP contribution is -2.35. The molecule has 6 heteroatoms. The Hall–Kier alpha value is -1.59. The molecule has 3 unspecified atom stereocenters. The molecule has 0 aromatic heterocycles. The Morgan fingerprint density at radius 1 is 1.04 bits per heavy atom. The number of rotatable bonds is 7. The molecule has 0 aromatic rings. The van der Waals surface area contributed by atoms with E-state index in [4.69, 9.17) is 14.9 Å². The van der Waals surface area contributed by atoms with Crippen molar-refractivity contribution in [2.24, 2.45) is 23.7 Å². The van der Waals surface area contributed by atoms with E-state index in [1.807, 2.05) is 0 Å². The van der Waals surface area contributed by atoms with Crippen molar-refractivity contribution < 1.29 is 29.3 Å². The van der Waals surface area contributed by atoms with Crippen molar-refractivity contribution >= 4 is 17.9 Å². The highest BCUT2D eigenvalue weighted by molar-refractivity contribution is 5.71. The summed E-state index contributed by atoms with van der Waals surface area (Å²) < 4.78 is 5.59. The third-order valence-electron chi connectivity index (χ3n) is 4.51. The monoisotopic (exact) mass is 358 g/mol. The van der Waals surface area contributed by atoms with E-state index in [2.05, 4.69) is 20.8 Å². The van der Waals surface area contributed by atoms with E-state index in [0.717, 1.165) is 12.8 Å². The largest absolute Gasteiger partial charge is 0.481 e. The first-order chi connectivity index (χ1) is 11.5. The van der Waals surface area contributed by atoms with Gasteiger partial charge in [-0.15, -0.1) is 0 Å². The molecule has 0 aromatic carbocycles. The summed E-state index contributed by atoms with van der Waals surface area (Å²) in [5.74, 6) is -0.513. The van der Waals surface area contributed by atoms with E-state index in [-0.39, 0.29) is 30.8 Å². The summed E-state index contributed by atoms with van der Waals surface area (Å²) in [7, 11) is 0. The summed E-state index contributed by atoms with van der Waals surface area (Å²) in [6.45, 7) is 9.82. The van der Waals surface area contributed by atoms with E-state index in [1.165, 1.54) is 6.42 Å². The van der Waals surface area contributed by atoms with Gasteiger partial charge in [-0.1, -0.05) is 41.0 Å². The highest BCUT2D eigenvalue weighted by Crippen LogP contribution is 2.35. The average Bonchev–Trinajstić information content (AvgIpc) is 2.46. The van der Waals surface area contributed by atoms with Crippen molar-refractivity contribution in [1.29, 1.82) is 0 Å². The molecule has 25 heavy (non-hydrogen) atoms. The Labute approximate surface area is 150 Å². The number of carboxylic acid groups (broad SMARTS) is 2. The molecule has 0 bridgehead atoms. The van der Waals surface area contributed by atoms with Gasteiger partial charge in [-0.25, -0.2) is 0 Å². The number of esters is 1. The van der Waals surface area contributed by atoms with Crippen LogP contribution in [-0.2, 0) is 19.1 Å². The molecule has 1 aliphatic carbocycles. The zero-order valence-corrected chi connectivity index (χ0v) is 16.2. The van der Waals surface area contributed by atoms with Gasteiger partial charge in [0.1, 0.15) is 6.10 Å². The lowest BCUT2D eigenvalue weighted by Gasteiger charge is -2.36. The van der Waals surface area contributed by atoms with Crippen LogP contribution in [0.3, 0.4) is 0 Å². The fourth-order valence-electron chi connectivity index (χ4n) is 2.86. The maximum atomic E-state index is 11.8. The number of carbonyl (C=O) groups is 3. The molecule has 0 saturated heterocycles. The molecule has 1 fully saturated rings. The third kappa shape index (κ3) is 10.8. The average molecular weight is 358 g/mol. The minimum atomic E-state index is -0.862. The van der Waals surface area contributed by atoms with E-state index >= 15 is 0 Å². The minimum absolute atomic E-state index is 0.0149. The standard InChI is InChI=1S/C15H26O4.C4H8O2/c1-10(2)12-8-7-11(3)9-13(12)19-15(18)6-4-5-14(16)17;1-3(2)4(5)6/h10-13H,4-9H2,1-3H3,(H,16,17);3H,1-2H3,(H,5,6). The molecule has 6 nitrogen and oxygen atoms in total. The van der Waals surface area contributed by atoms with Gasteiger partial charge in [0.2, 0.25) is 0 Å². The quantitative estimate of drug-likeness (QED) is 0.668. The fourth-order valence-corrected chi connectivity index (χ4v) is 2.86. The van der Waals surface area contributed by atoms with Gasteiger partial charge in [-0.3, -0.25) is 14.4 Å². The van der Waals surface area contributed by atoms with Crippen molar-refractivity contribution in [1.82, 2.24) is 0 Å². The summed E-state index contributed by atoms with van der Waals surface area (Å²) in [5, 5.41) is 16.5. The number of hydrogen-bond donors (Lipinski definition) is 2. The van der Waals surface area contributed by atoms with Gasteiger partial charge < -0.3 is 14.9 Å². The molecule has 3 atom stereocenters. The van der Waals surface area contributed by atoms with Crippen LogP contribution in [0.25, 0.3) is 0 Å². The van der Waals surface area contributed by atoms with Crippen molar-refractivity contribution in [2.75, 3.05) is 0 Å². The normalized spacial score (nSPS) is 22.9. The Kier molecular flexibility index (Phi) is 11.1. The van der Waals surface area contributed by atoms with Crippen LogP contribution in [0, 0.1) is 23.7 Å². The van der Waals surface area contributed by atoms with Crippen LogP contribution in [-0.4, -0.2) is 34.2 Å². The summed E-state index contributed by atoms with van der Waals surface area (Å²) in [6, 6.07) is 0. The lowest BCUT2D eigenvalue weighted by atomic mass is 9.75. The number of aliphatic carboxylic acids is 2. The van der Waals surface area contributed by atoms with Crippen LogP contribution >= 0.6 is 0 Å². The maximum absolute atomic E-state index is 11.8. The van der Waals surface area contributed by atoms with Crippen molar-refractivity contribution in [2.45, 2.75) is 79.2 Å². The van der Waals surface area contributed by atoms with Crippen molar-refractivity contribution in [3.63, 3.8) is 0 Å². The fraction of sp³-hybridized carbons (Fsp3) is 0.842. The molecule has 2 N–H and O–H groups in total. The van der Waals surface area contributed by atoms with E-state index in [0.29, 0.717) is 24.2 Å². The molecule has 0 radical (unpaired) electrons. The first kappa shape index (κ1) is 23.4. The van der Waals surface area contributed by atoms with Crippen LogP contribution in [0.2, 0.25) is 0 Å². The van der Waals surface area contributed by atoms with E-state index in [9.17, 15) is 14.4 Å². The van der Waals surface area contributed by atoms with Crippen LogP contribution in [0.4, 0.5) is 0 Å². The number of carboxylic acids is 2. The van der Waals surface area contributed by atoms with E-state index < -0.39 is 11.9 Å². The van der Waals surface area contributed by atoms with E-state index in [1.54, 1.807) is 13.8 Å². The third-order valence-corrected chi connectivity index (χ3v) is 4.51. The summed E-state index contributed by atoms with van der Waals surface area (Å²) >= 11 is 0. The smallest absolute Gasteiger partial charge is 0.306 e. The Balaban J connectivity index is 0.000000823. The molecule has 146 valence electrons. The second-order valence-electron chi connectivity index (χ2n) is 7.59. The van der Waals surface area contributed by atoms with Crippen LogP contribution in [0.15, 0.2) is 0 Å². The molecule has 0 amide bonds. The predicted molar refractivity (Wildman–Crippen MR) is 95.2 cm³/mol. The van der Waals surface area contributed by atoms with Crippen molar-refractivity contribution in [3.8, 4) is 0 Å². The molecular formula is C19H34O6. The number of hydrogen-bond acceptors (Lipinski definition) is 4. The topological polar surface area (TPSA) is 101 Å². The van der Waals surface area contributed by atoms with Gasteiger partial charge in [0.25, 0.3) is 0 Å². The molecule has 1 saturated carbocycles. The number of ether oxygens (including phenoxy) is 1. The van der Waals surface area contributed by atoms with Gasteiger partial charge in [-0.05, 0) is 37.0 Å². The van der Waals surface area contributed by atoms with Crippen LogP contribution in [0.5, 0.6) is 0 Å². The van der Waals surface area contributed by atoms with Crippen LogP contribution in [0.1, 0.15) is 73.1 Å². The van der Waals surface area contributed by atoms with Gasteiger partial charge in [0.15, 0.2) is 0 Å². The van der Waals surface area contributed by atoms with Gasteiger partial charge in [-0.2, -0.15) is 0 Å². The lowest BCUT2D eigenvalue weighted by molar-refractivity contribution is -0.156. The minimum Gasteiger partial charge on any atom is -0.481 e. The summed E-state index contributed by atoms with van der Waals surface area (Å²) in [4.78, 5) is 31.9. The Morgan fingerprint density at radius 2 is 1.60 bits per heavy atom. The zero-order valence-electron chi connectivity index (χ0n) is 16.2. The first-order valence-electron chi connectivity index (χ1n) is 9.18. The molecule has 0 heterocycles. The van der Waals surface area contributed by atoms with Gasteiger partial charge >= 0.3 is 17.9 Å².